The first-order chi connectivity index (χ1) is 10.4. The SMILES string of the molecule is CN(CC(=O)O)C(=O)c1ccc(CC2CC(=O)NC2=O)cc1. The topological polar surface area (TPSA) is 104 Å². The summed E-state index contributed by atoms with van der Waals surface area (Å²) < 4.78 is 0. The second-order valence-electron chi connectivity index (χ2n) is 5.27. The molecule has 2 N–H and O–H groups in total. The summed E-state index contributed by atoms with van der Waals surface area (Å²) in [5, 5.41) is 10.9. The van der Waals surface area contributed by atoms with Gasteiger partial charge in [0.2, 0.25) is 11.8 Å². The standard InChI is InChI=1S/C15H16N2O5/c1-17(8-13(19)20)15(22)10-4-2-9(3-5-10)6-11-7-12(18)16-14(11)21/h2-5,11H,6-8H2,1H3,(H,19,20)(H,16,18,21). The maximum absolute atomic E-state index is 12.0. The van der Waals surface area contributed by atoms with Crippen LogP contribution in [0.25, 0.3) is 0 Å². The molecule has 1 aromatic carbocycles. The molecule has 1 heterocycles. The lowest BCUT2D eigenvalue weighted by molar-refractivity contribution is -0.137. The van der Waals surface area contributed by atoms with Crippen molar-refractivity contribution in [3.63, 3.8) is 0 Å². The molecule has 7 heteroatoms. The largest absolute Gasteiger partial charge is 0.480 e. The maximum Gasteiger partial charge on any atom is 0.323 e. The Morgan fingerprint density at radius 2 is 1.91 bits per heavy atom. The van der Waals surface area contributed by atoms with Crippen LogP contribution in [-0.2, 0) is 20.8 Å². The van der Waals surface area contributed by atoms with Gasteiger partial charge in [-0.1, -0.05) is 12.1 Å². The summed E-state index contributed by atoms with van der Waals surface area (Å²) in [6, 6.07) is 6.59. The zero-order valence-corrected chi connectivity index (χ0v) is 12.0. The van der Waals surface area contributed by atoms with Crippen molar-refractivity contribution >= 4 is 23.7 Å². The number of imide groups is 1. The smallest absolute Gasteiger partial charge is 0.323 e. The Balaban J connectivity index is 2.01. The summed E-state index contributed by atoms with van der Waals surface area (Å²) in [6.07, 6.45) is 0.609. The van der Waals surface area contributed by atoms with Gasteiger partial charge >= 0.3 is 5.97 Å². The van der Waals surface area contributed by atoms with Gasteiger partial charge in [0.25, 0.3) is 5.91 Å². The van der Waals surface area contributed by atoms with Gasteiger partial charge in [-0.3, -0.25) is 24.5 Å². The van der Waals surface area contributed by atoms with Crippen LogP contribution in [-0.4, -0.2) is 47.3 Å². The van der Waals surface area contributed by atoms with Gasteiger partial charge in [-0.25, -0.2) is 0 Å². The van der Waals surface area contributed by atoms with E-state index in [2.05, 4.69) is 5.32 Å². The van der Waals surface area contributed by atoms with E-state index in [1.54, 1.807) is 24.3 Å². The van der Waals surface area contributed by atoms with Crippen molar-refractivity contribution < 1.29 is 24.3 Å². The number of likely N-dealkylation sites (N-methyl/N-ethyl adjacent to an activating group) is 1. The summed E-state index contributed by atoms with van der Waals surface area (Å²) in [7, 11) is 1.42. The number of carbonyl (C=O) groups excluding carboxylic acids is 3. The number of amides is 3. The van der Waals surface area contributed by atoms with Gasteiger partial charge in [0.15, 0.2) is 0 Å². The second-order valence-corrected chi connectivity index (χ2v) is 5.27. The zero-order chi connectivity index (χ0) is 16.3. The highest BCUT2D eigenvalue weighted by molar-refractivity contribution is 6.03. The molecule has 7 nitrogen and oxygen atoms in total. The average Bonchev–Trinajstić information content (AvgIpc) is 2.76. The molecule has 116 valence electrons. The monoisotopic (exact) mass is 304 g/mol. The third-order valence-corrected chi connectivity index (χ3v) is 3.47. The maximum atomic E-state index is 12.0. The first kappa shape index (κ1) is 15.7. The van der Waals surface area contributed by atoms with E-state index < -0.39 is 5.97 Å². The summed E-state index contributed by atoms with van der Waals surface area (Å²) in [4.78, 5) is 46.3. The van der Waals surface area contributed by atoms with E-state index in [1.165, 1.54) is 7.05 Å². The van der Waals surface area contributed by atoms with Gasteiger partial charge in [0, 0.05) is 19.0 Å². The number of benzene rings is 1. The first-order valence-electron chi connectivity index (χ1n) is 6.76. The van der Waals surface area contributed by atoms with E-state index in [9.17, 15) is 19.2 Å². The Labute approximate surface area is 126 Å². The fraction of sp³-hybridized carbons (Fsp3) is 0.333. The number of hydrogen-bond acceptors (Lipinski definition) is 4. The number of aliphatic carboxylic acids is 1. The predicted molar refractivity (Wildman–Crippen MR) is 76.0 cm³/mol. The van der Waals surface area contributed by atoms with Gasteiger partial charge in [0.1, 0.15) is 6.54 Å². The van der Waals surface area contributed by atoms with Crippen LogP contribution in [0.15, 0.2) is 24.3 Å². The fourth-order valence-electron chi connectivity index (χ4n) is 2.33. The minimum Gasteiger partial charge on any atom is -0.480 e. The van der Waals surface area contributed by atoms with Gasteiger partial charge in [-0.2, -0.15) is 0 Å². The minimum absolute atomic E-state index is 0.181. The Morgan fingerprint density at radius 1 is 1.27 bits per heavy atom. The Kier molecular flexibility index (Phi) is 4.55. The lowest BCUT2D eigenvalue weighted by Crippen LogP contribution is -2.31. The summed E-state index contributed by atoms with van der Waals surface area (Å²) >= 11 is 0. The van der Waals surface area contributed by atoms with Crippen LogP contribution in [0.5, 0.6) is 0 Å². The highest BCUT2D eigenvalue weighted by Gasteiger charge is 2.30. The molecule has 3 amide bonds. The number of hydrogen-bond donors (Lipinski definition) is 2. The van der Waals surface area contributed by atoms with Crippen molar-refractivity contribution in [2.24, 2.45) is 5.92 Å². The van der Waals surface area contributed by atoms with Crippen LogP contribution in [0, 0.1) is 5.92 Å². The molecule has 1 saturated heterocycles. The quantitative estimate of drug-likeness (QED) is 0.748. The predicted octanol–water partition coefficient (Wildman–Crippen LogP) is 0.0484. The van der Waals surface area contributed by atoms with Crippen LogP contribution in [0.1, 0.15) is 22.3 Å². The van der Waals surface area contributed by atoms with Gasteiger partial charge < -0.3 is 10.0 Å². The molecule has 1 unspecified atom stereocenters. The van der Waals surface area contributed by atoms with E-state index in [1.807, 2.05) is 0 Å². The Morgan fingerprint density at radius 3 is 2.41 bits per heavy atom. The summed E-state index contributed by atoms with van der Waals surface area (Å²) in [5.74, 6) is -2.38. The van der Waals surface area contributed by atoms with Crippen LogP contribution >= 0.6 is 0 Å². The van der Waals surface area contributed by atoms with Crippen LogP contribution < -0.4 is 5.32 Å². The third-order valence-electron chi connectivity index (χ3n) is 3.47. The molecule has 1 aliphatic heterocycles. The molecule has 22 heavy (non-hydrogen) atoms. The number of carbonyl (C=O) groups is 4. The molecular formula is C15H16N2O5. The highest BCUT2D eigenvalue weighted by Crippen LogP contribution is 2.18. The Bertz CT molecular complexity index is 623. The molecule has 1 aliphatic rings. The van der Waals surface area contributed by atoms with E-state index in [4.69, 9.17) is 5.11 Å². The van der Waals surface area contributed by atoms with Crippen molar-refractivity contribution in [1.29, 1.82) is 0 Å². The Hall–Kier alpha value is -2.70. The van der Waals surface area contributed by atoms with Crippen molar-refractivity contribution in [2.45, 2.75) is 12.8 Å². The van der Waals surface area contributed by atoms with E-state index in [0.717, 1.165) is 10.5 Å². The molecule has 1 aromatic rings. The molecular weight excluding hydrogens is 288 g/mol. The number of carboxylic acid groups (broad SMARTS) is 1. The van der Waals surface area contributed by atoms with Crippen molar-refractivity contribution in [1.82, 2.24) is 10.2 Å². The van der Waals surface area contributed by atoms with Crippen molar-refractivity contribution in [3.05, 3.63) is 35.4 Å². The number of carboxylic acids is 1. The first-order valence-corrected chi connectivity index (χ1v) is 6.76. The van der Waals surface area contributed by atoms with Crippen molar-refractivity contribution in [2.75, 3.05) is 13.6 Å². The highest BCUT2D eigenvalue weighted by atomic mass is 16.4. The van der Waals surface area contributed by atoms with Gasteiger partial charge in [-0.05, 0) is 24.1 Å². The normalized spacial score (nSPS) is 17.2. The minimum atomic E-state index is -1.08. The van der Waals surface area contributed by atoms with Crippen molar-refractivity contribution in [3.8, 4) is 0 Å². The second kappa shape index (κ2) is 6.38. The summed E-state index contributed by atoms with van der Waals surface area (Å²) in [6.45, 7) is -0.370. The molecule has 1 fully saturated rings. The lowest BCUT2D eigenvalue weighted by Gasteiger charge is -2.15. The molecule has 0 saturated carbocycles. The molecule has 0 radical (unpaired) electrons. The summed E-state index contributed by atoms with van der Waals surface area (Å²) in [5.41, 5.74) is 1.21. The van der Waals surface area contributed by atoms with E-state index >= 15 is 0 Å². The van der Waals surface area contributed by atoms with Gasteiger partial charge in [0.05, 0.1) is 5.92 Å². The van der Waals surface area contributed by atoms with Crippen LogP contribution in [0.2, 0.25) is 0 Å². The van der Waals surface area contributed by atoms with E-state index in [-0.39, 0.29) is 36.6 Å². The lowest BCUT2D eigenvalue weighted by atomic mass is 9.97. The number of rotatable bonds is 5. The number of nitrogens with one attached hydrogen (secondary N) is 1. The third kappa shape index (κ3) is 3.69. The molecule has 0 aliphatic carbocycles. The fourth-order valence-corrected chi connectivity index (χ4v) is 2.33. The average molecular weight is 304 g/mol. The molecule has 0 aromatic heterocycles. The molecule has 1 atom stereocenters. The molecule has 2 rings (SSSR count). The molecule has 0 spiro atoms. The number of nitrogens with zero attached hydrogens (tertiary/aromatic N) is 1. The van der Waals surface area contributed by atoms with E-state index in [0.29, 0.717) is 12.0 Å². The molecule has 0 bridgehead atoms. The van der Waals surface area contributed by atoms with Crippen LogP contribution in [0.3, 0.4) is 0 Å². The zero-order valence-electron chi connectivity index (χ0n) is 12.0. The van der Waals surface area contributed by atoms with Crippen LogP contribution in [0.4, 0.5) is 0 Å². The van der Waals surface area contributed by atoms with Gasteiger partial charge in [-0.15, -0.1) is 0 Å².